The van der Waals surface area contributed by atoms with Crippen molar-refractivity contribution in [3.63, 3.8) is 0 Å². The van der Waals surface area contributed by atoms with Crippen molar-refractivity contribution >= 4 is 15.9 Å². The summed E-state index contributed by atoms with van der Waals surface area (Å²) < 4.78 is 38.1. The number of likely N-dealkylation sites (N-methyl/N-ethyl adjacent to an activating group) is 1. The van der Waals surface area contributed by atoms with Crippen LogP contribution in [0.5, 0.6) is 11.5 Å². The smallest absolute Gasteiger partial charge is 0.241 e. The van der Waals surface area contributed by atoms with Gasteiger partial charge in [-0.2, -0.15) is 4.31 Å². The second kappa shape index (κ2) is 7.40. The molecule has 0 spiro atoms. The molecule has 2 rings (SSSR count). The number of benzene rings is 1. The van der Waals surface area contributed by atoms with Crippen LogP contribution in [0, 0.1) is 0 Å². The monoisotopic (exact) mass is 356 g/mol. The fourth-order valence-corrected chi connectivity index (χ4v) is 4.15. The molecule has 0 unspecified atom stereocenters. The molecule has 8 heteroatoms. The van der Waals surface area contributed by atoms with E-state index in [0.29, 0.717) is 11.5 Å². The van der Waals surface area contributed by atoms with Crippen molar-refractivity contribution in [1.82, 2.24) is 9.21 Å². The number of amides is 1. The lowest BCUT2D eigenvalue weighted by Crippen LogP contribution is -2.49. The molecule has 0 fully saturated rings. The average Bonchev–Trinajstić information content (AvgIpc) is 2.57. The second-order valence-electron chi connectivity index (χ2n) is 5.87. The van der Waals surface area contributed by atoms with Crippen LogP contribution >= 0.6 is 0 Å². The first-order chi connectivity index (χ1) is 11.3. The van der Waals surface area contributed by atoms with E-state index in [2.05, 4.69) is 0 Å². The summed E-state index contributed by atoms with van der Waals surface area (Å²) in [6.07, 6.45) is -0.420. The van der Waals surface area contributed by atoms with Gasteiger partial charge in [-0.15, -0.1) is 0 Å². The number of para-hydroxylation sites is 2. The number of sulfonamides is 1. The number of hydrogen-bond acceptors (Lipinski definition) is 5. The van der Waals surface area contributed by atoms with E-state index < -0.39 is 27.3 Å². The largest absolute Gasteiger partial charge is 0.486 e. The van der Waals surface area contributed by atoms with E-state index in [0.717, 1.165) is 0 Å². The highest BCUT2D eigenvalue weighted by molar-refractivity contribution is 7.90. The van der Waals surface area contributed by atoms with Gasteiger partial charge in [0.15, 0.2) is 16.7 Å². The lowest BCUT2D eigenvalue weighted by atomic mass is 10.2. The van der Waals surface area contributed by atoms with Crippen LogP contribution in [0.25, 0.3) is 0 Å². The Balaban J connectivity index is 2.11. The molecular weight excluding hydrogens is 332 g/mol. The Bertz CT molecular complexity index is 689. The molecule has 1 aromatic carbocycles. The maximum atomic E-state index is 12.7. The van der Waals surface area contributed by atoms with Crippen molar-refractivity contribution in [2.75, 3.05) is 33.8 Å². The van der Waals surface area contributed by atoms with Crippen LogP contribution in [0.2, 0.25) is 0 Å². The second-order valence-corrected chi connectivity index (χ2v) is 8.12. The predicted molar refractivity (Wildman–Crippen MR) is 90.7 cm³/mol. The zero-order chi connectivity index (χ0) is 17.9. The fraction of sp³-hybridized carbons (Fsp3) is 0.562. The summed E-state index contributed by atoms with van der Waals surface area (Å²) in [6, 6.07) is 7.26. The Hall–Kier alpha value is -1.80. The lowest BCUT2D eigenvalue weighted by molar-refractivity contribution is -0.128. The molecule has 0 aromatic heterocycles. The lowest BCUT2D eigenvalue weighted by Gasteiger charge is -2.31. The summed E-state index contributed by atoms with van der Waals surface area (Å²) in [4.78, 5) is 13.3. The minimum Gasteiger partial charge on any atom is -0.486 e. The van der Waals surface area contributed by atoms with Gasteiger partial charge in [0.25, 0.3) is 0 Å². The van der Waals surface area contributed by atoms with Crippen LogP contribution in [0.3, 0.4) is 0 Å². The molecule has 2 atom stereocenters. The number of carbonyl (C=O) groups excluding carboxylic acids is 1. The Labute approximate surface area is 143 Å². The standard InChI is InChI=1S/C16H24N2O5S/c1-5-18(24(20,21)12(2)16(19)17(3)4)10-13-11-22-14-8-6-7-9-15(14)23-13/h6-9,12-13H,5,10-11H2,1-4H3/t12-,13-/m0/s1. The van der Waals surface area contributed by atoms with Crippen molar-refractivity contribution < 1.29 is 22.7 Å². The van der Waals surface area contributed by atoms with Gasteiger partial charge < -0.3 is 14.4 Å². The summed E-state index contributed by atoms with van der Waals surface area (Å²) in [5.41, 5.74) is 0. The summed E-state index contributed by atoms with van der Waals surface area (Å²) in [5, 5.41) is -1.13. The van der Waals surface area contributed by atoms with E-state index in [4.69, 9.17) is 9.47 Å². The van der Waals surface area contributed by atoms with Gasteiger partial charge in [-0.05, 0) is 19.1 Å². The zero-order valence-corrected chi connectivity index (χ0v) is 15.2. The molecular formula is C16H24N2O5S. The van der Waals surface area contributed by atoms with Crippen LogP contribution in [0.4, 0.5) is 0 Å². The minimum atomic E-state index is -3.77. The summed E-state index contributed by atoms with van der Waals surface area (Å²) in [7, 11) is -0.683. The quantitative estimate of drug-likeness (QED) is 0.759. The third-order valence-electron chi connectivity index (χ3n) is 3.92. The summed E-state index contributed by atoms with van der Waals surface area (Å²) in [5.74, 6) is 0.801. The van der Waals surface area contributed by atoms with E-state index in [1.807, 2.05) is 12.1 Å². The molecule has 0 aliphatic carbocycles. The van der Waals surface area contributed by atoms with Crippen molar-refractivity contribution in [2.45, 2.75) is 25.2 Å². The highest BCUT2D eigenvalue weighted by Gasteiger charge is 2.36. The Morgan fingerprint density at radius 1 is 1.29 bits per heavy atom. The third kappa shape index (κ3) is 3.81. The molecule has 1 heterocycles. The van der Waals surface area contributed by atoms with Gasteiger partial charge in [0.05, 0.1) is 6.54 Å². The van der Waals surface area contributed by atoms with Crippen molar-refractivity contribution in [2.24, 2.45) is 0 Å². The van der Waals surface area contributed by atoms with E-state index in [-0.39, 0.29) is 19.7 Å². The van der Waals surface area contributed by atoms with Crippen molar-refractivity contribution in [3.8, 4) is 11.5 Å². The number of hydrogen-bond donors (Lipinski definition) is 0. The number of fused-ring (bicyclic) bond motifs is 1. The molecule has 1 aliphatic rings. The van der Waals surface area contributed by atoms with Crippen LogP contribution in [-0.2, 0) is 14.8 Å². The molecule has 0 saturated heterocycles. The van der Waals surface area contributed by atoms with Crippen LogP contribution in [0.1, 0.15) is 13.8 Å². The van der Waals surface area contributed by atoms with E-state index >= 15 is 0 Å². The molecule has 0 bridgehead atoms. The van der Waals surface area contributed by atoms with E-state index in [1.54, 1.807) is 33.2 Å². The summed E-state index contributed by atoms with van der Waals surface area (Å²) in [6.45, 7) is 3.81. The van der Waals surface area contributed by atoms with Gasteiger partial charge in [-0.1, -0.05) is 19.1 Å². The fourth-order valence-electron chi connectivity index (χ4n) is 2.51. The SMILES string of the molecule is CCN(C[C@H]1COc2ccccc2O1)S(=O)(=O)[C@@H](C)C(=O)N(C)C. The van der Waals surface area contributed by atoms with Gasteiger partial charge in [0.2, 0.25) is 15.9 Å². The Kier molecular flexibility index (Phi) is 5.71. The van der Waals surface area contributed by atoms with Gasteiger partial charge in [0, 0.05) is 20.6 Å². The predicted octanol–water partition coefficient (Wildman–Crippen LogP) is 0.955. The van der Waals surface area contributed by atoms with Crippen LogP contribution in [-0.4, -0.2) is 68.7 Å². The molecule has 0 saturated carbocycles. The number of rotatable bonds is 6. The third-order valence-corrected chi connectivity index (χ3v) is 6.14. The highest BCUT2D eigenvalue weighted by atomic mass is 32.2. The first-order valence-electron chi connectivity index (χ1n) is 7.86. The van der Waals surface area contributed by atoms with Crippen LogP contribution < -0.4 is 9.47 Å². The molecule has 134 valence electrons. The Morgan fingerprint density at radius 2 is 1.92 bits per heavy atom. The van der Waals surface area contributed by atoms with Gasteiger partial charge in [0.1, 0.15) is 12.7 Å². The highest BCUT2D eigenvalue weighted by Crippen LogP contribution is 2.31. The topological polar surface area (TPSA) is 76.1 Å². The van der Waals surface area contributed by atoms with Crippen LogP contribution in [0.15, 0.2) is 24.3 Å². The number of nitrogens with zero attached hydrogens (tertiary/aromatic N) is 2. The van der Waals surface area contributed by atoms with Gasteiger partial charge in [-0.25, -0.2) is 8.42 Å². The first-order valence-corrected chi connectivity index (χ1v) is 9.36. The van der Waals surface area contributed by atoms with E-state index in [9.17, 15) is 13.2 Å². The number of ether oxygens (including phenoxy) is 2. The molecule has 0 radical (unpaired) electrons. The van der Waals surface area contributed by atoms with Gasteiger partial charge in [-0.3, -0.25) is 4.79 Å². The van der Waals surface area contributed by atoms with E-state index in [1.165, 1.54) is 16.1 Å². The number of carbonyl (C=O) groups is 1. The molecule has 1 aliphatic heterocycles. The van der Waals surface area contributed by atoms with Crippen molar-refractivity contribution in [1.29, 1.82) is 0 Å². The minimum absolute atomic E-state index is 0.137. The normalized spacial score (nSPS) is 18.3. The zero-order valence-electron chi connectivity index (χ0n) is 14.4. The molecule has 24 heavy (non-hydrogen) atoms. The van der Waals surface area contributed by atoms with Crippen molar-refractivity contribution in [3.05, 3.63) is 24.3 Å². The molecule has 1 aromatic rings. The first kappa shape index (κ1) is 18.5. The Morgan fingerprint density at radius 3 is 2.50 bits per heavy atom. The average molecular weight is 356 g/mol. The maximum absolute atomic E-state index is 12.7. The summed E-state index contributed by atoms with van der Waals surface area (Å²) >= 11 is 0. The molecule has 1 amide bonds. The molecule has 0 N–H and O–H groups in total. The van der Waals surface area contributed by atoms with Gasteiger partial charge >= 0.3 is 0 Å². The maximum Gasteiger partial charge on any atom is 0.241 e. The molecule has 7 nitrogen and oxygen atoms in total.